The van der Waals surface area contributed by atoms with E-state index in [1.54, 1.807) is 0 Å². The minimum Gasteiger partial charge on any atom is -0.454 e. The van der Waals surface area contributed by atoms with Crippen molar-refractivity contribution in [3.8, 4) is 11.5 Å². The van der Waals surface area contributed by atoms with E-state index in [4.69, 9.17) is 14.2 Å². The number of nitrogens with zero attached hydrogens (tertiary/aromatic N) is 1. The number of fused-ring (bicyclic) bond motifs is 1. The van der Waals surface area contributed by atoms with Gasteiger partial charge < -0.3 is 19.3 Å². The smallest absolute Gasteiger partial charge is 0.231 e. The van der Waals surface area contributed by atoms with Crippen molar-refractivity contribution >= 4 is 0 Å². The first-order valence-corrected chi connectivity index (χ1v) is 7.06. The fourth-order valence-corrected chi connectivity index (χ4v) is 2.67. The third-order valence-electron chi connectivity index (χ3n) is 3.93. The lowest BCUT2D eigenvalue weighted by Crippen LogP contribution is -2.48. The third kappa shape index (κ3) is 2.75. The Bertz CT molecular complexity index is 479. The van der Waals surface area contributed by atoms with Crippen LogP contribution in [0, 0.1) is 0 Å². The number of rotatable bonds is 3. The highest BCUT2D eigenvalue weighted by molar-refractivity contribution is 5.45. The molecule has 3 unspecified atom stereocenters. The zero-order valence-corrected chi connectivity index (χ0v) is 11.9. The minimum atomic E-state index is -0.530. The van der Waals surface area contributed by atoms with E-state index in [2.05, 4.69) is 18.7 Å². The molecule has 0 aliphatic carbocycles. The van der Waals surface area contributed by atoms with Crippen LogP contribution in [0.15, 0.2) is 18.2 Å². The van der Waals surface area contributed by atoms with Gasteiger partial charge in [-0.2, -0.15) is 0 Å². The van der Waals surface area contributed by atoms with Gasteiger partial charge in [-0.15, -0.1) is 0 Å². The first kappa shape index (κ1) is 13.7. The van der Waals surface area contributed by atoms with Crippen molar-refractivity contribution in [3.05, 3.63) is 23.8 Å². The minimum absolute atomic E-state index is 0.218. The third-order valence-corrected chi connectivity index (χ3v) is 3.93. The van der Waals surface area contributed by atoms with Crippen molar-refractivity contribution < 1.29 is 19.3 Å². The predicted octanol–water partition coefficient (Wildman–Crippen LogP) is 1.56. The monoisotopic (exact) mass is 279 g/mol. The van der Waals surface area contributed by atoms with Crippen LogP contribution in [0.3, 0.4) is 0 Å². The van der Waals surface area contributed by atoms with E-state index in [0.29, 0.717) is 18.3 Å². The van der Waals surface area contributed by atoms with Crippen LogP contribution < -0.4 is 9.47 Å². The molecule has 3 rings (SSSR count). The van der Waals surface area contributed by atoms with Gasteiger partial charge in [-0.25, -0.2) is 0 Å². The topological polar surface area (TPSA) is 51.2 Å². The number of ether oxygens (including phenoxy) is 3. The Hall–Kier alpha value is -1.30. The molecule has 5 nitrogen and oxygen atoms in total. The van der Waals surface area contributed by atoms with Crippen molar-refractivity contribution in [1.82, 2.24) is 4.90 Å². The Morgan fingerprint density at radius 2 is 2.10 bits per heavy atom. The van der Waals surface area contributed by atoms with Crippen LogP contribution in [0.1, 0.15) is 25.5 Å². The summed E-state index contributed by atoms with van der Waals surface area (Å²) in [6, 6.07) is 5.94. The molecule has 110 valence electrons. The summed E-state index contributed by atoms with van der Waals surface area (Å²) in [7, 11) is 0. The average molecular weight is 279 g/mol. The van der Waals surface area contributed by atoms with E-state index < -0.39 is 6.10 Å². The fourth-order valence-electron chi connectivity index (χ4n) is 2.67. The van der Waals surface area contributed by atoms with Gasteiger partial charge in [-0.3, -0.25) is 4.90 Å². The maximum atomic E-state index is 10.4. The summed E-state index contributed by atoms with van der Waals surface area (Å²) >= 11 is 0. The predicted molar refractivity (Wildman–Crippen MR) is 74.0 cm³/mol. The molecule has 2 heterocycles. The number of β-amino-alcohol motifs (C(OH)–C–C–N with tert-alkyl or cyclic N) is 1. The van der Waals surface area contributed by atoms with Gasteiger partial charge in [-0.1, -0.05) is 6.07 Å². The van der Waals surface area contributed by atoms with Gasteiger partial charge >= 0.3 is 0 Å². The summed E-state index contributed by atoms with van der Waals surface area (Å²) in [5, 5.41) is 10.4. The summed E-state index contributed by atoms with van der Waals surface area (Å²) in [5.41, 5.74) is 0.862. The van der Waals surface area contributed by atoms with E-state index in [1.165, 1.54) is 0 Å². The van der Waals surface area contributed by atoms with E-state index in [-0.39, 0.29) is 12.9 Å². The fraction of sp³-hybridized carbons (Fsp3) is 0.600. The standard InChI is InChI=1S/C15H21NO4/c1-10-8-18-11(2)6-16(10)7-13(17)12-3-4-14-15(5-12)20-9-19-14/h3-5,10-11,13,17H,6-9H2,1-2H3. The molecule has 2 aliphatic rings. The molecular weight excluding hydrogens is 258 g/mol. The number of benzene rings is 1. The summed E-state index contributed by atoms with van der Waals surface area (Å²) in [5.74, 6) is 1.46. The van der Waals surface area contributed by atoms with Gasteiger partial charge in [0.25, 0.3) is 0 Å². The largest absolute Gasteiger partial charge is 0.454 e. The lowest BCUT2D eigenvalue weighted by Gasteiger charge is -2.37. The molecule has 0 saturated carbocycles. The summed E-state index contributed by atoms with van der Waals surface area (Å²) in [6.07, 6.45) is -0.313. The van der Waals surface area contributed by atoms with Crippen molar-refractivity contribution in [1.29, 1.82) is 0 Å². The number of aliphatic hydroxyl groups is 1. The van der Waals surface area contributed by atoms with Gasteiger partial charge in [-0.05, 0) is 31.5 Å². The lowest BCUT2D eigenvalue weighted by molar-refractivity contribution is -0.0619. The van der Waals surface area contributed by atoms with Crippen LogP contribution >= 0.6 is 0 Å². The second-order valence-electron chi connectivity index (χ2n) is 5.58. The molecule has 0 bridgehead atoms. The quantitative estimate of drug-likeness (QED) is 0.910. The van der Waals surface area contributed by atoms with Crippen LogP contribution in [0.5, 0.6) is 11.5 Å². The number of hydrogen-bond donors (Lipinski definition) is 1. The molecule has 5 heteroatoms. The highest BCUT2D eigenvalue weighted by Crippen LogP contribution is 2.34. The second-order valence-corrected chi connectivity index (χ2v) is 5.58. The molecule has 1 saturated heterocycles. The molecule has 0 radical (unpaired) electrons. The van der Waals surface area contributed by atoms with Crippen LogP contribution in [-0.4, -0.2) is 48.6 Å². The van der Waals surface area contributed by atoms with Gasteiger partial charge in [0.15, 0.2) is 11.5 Å². The second kappa shape index (κ2) is 5.60. The van der Waals surface area contributed by atoms with Gasteiger partial charge in [0.1, 0.15) is 0 Å². The normalized spacial score (nSPS) is 27.6. The van der Waals surface area contributed by atoms with E-state index in [0.717, 1.165) is 24.5 Å². The molecule has 1 N–H and O–H groups in total. The number of hydrogen-bond acceptors (Lipinski definition) is 5. The molecule has 0 spiro atoms. The molecule has 0 aromatic heterocycles. The van der Waals surface area contributed by atoms with Crippen LogP contribution in [0.2, 0.25) is 0 Å². The molecule has 2 aliphatic heterocycles. The molecule has 20 heavy (non-hydrogen) atoms. The Balaban J connectivity index is 1.68. The van der Waals surface area contributed by atoms with Crippen molar-refractivity contribution in [3.63, 3.8) is 0 Å². The highest BCUT2D eigenvalue weighted by atomic mass is 16.7. The van der Waals surface area contributed by atoms with Crippen LogP contribution in [0.4, 0.5) is 0 Å². The maximum Gasteiger partial charge on any atom is 0.231 e. The number of morpholine rings is 1. The maximum absolute atomic E-state index is 10.4. The molecule has 3 atom stereocenters. The van der Waals surface area contributed by atoms with Crippen molar-refractivity contribution in [2.45, 2.75) is 32.1 Å². The van der Waals surface area contributed by atoms with Gasteiger partial charge in [0, 0.05) is 19.1 Å². The van der Waals surface area contributed by atoms with Gasteiger partial charge in [0.05, 0.1) is 18.8 Å². The Morgan fingerprint density at radius 3 is 2.95 bits per heavy atom. The Kier molecular flexibility index (Phi) is 3.83. The molecule has 0 amide bonds. The summed E-state index contributed by atoms with van der Waals surface area (Å²) < 4.78 is 16.2. The lowest BCUT2D eigenvalue weighted by atomic mass is 10.1. The number of aliphatic hydroxyl groups excluding tert-OH is 1. The first-order valence-electron chi connectivity index (χ1n) is 7.06. The molecule has 1 aromatic rings. The molecular formula is C15H21NO4. The van der Waals surface area contributed by atoms with Gasteiger partial charge in [0.2, 0.25) is 6.79 Å². The summed E-state index contributed by atoms with van der Waals surface area (Å²) in [6.45, 7) is 6.61. The van der Waals surface area contributed by atoms with Crippen molar-refractivity contribution in [2.24, 2.45) is 0 Å². The Morgan fingerprint density at radius 1 is 1.30 bits per heavy atom. The highest BCUT2D eigenvalue weighted by Gasteiger charge is 2.26. The zero-order chi connectivity index (χ0) is 14.1. The van der Waals surface area contributed by atoms with Crippen LogP contribution in [-0.2, 0) is 4.74 Å². The SMILES string of the molecule is CC1CN(CC(O)c2ccc3c(c2)OCO3)C(C)CO1. The molecule has 1 aromatic carbocycles. The van der Waals surface area contributed by atoms with E-state index in [9.17, 15) is 5.11 Å². The first-order chi connectivity index (χ1) is 9.63. The Labute approximate surface area is 119 Å². The summed E-state index contributed by atoms with van der Waals surface area (Å²) in [4.78, 5) is 2.27. The average Bonchev–Trinajstić information content (AvgIpc) is 2.90. The van der Waals surface area contributed by atoms with E-state index in [1.807, 2.05) is 18.2 Å². The molecule has 1 fully saturated rings. The van der Waals surface area contributed by atoms with Crippen LogP contribution in [0.25, 0.3) is 0 Å². The van der Waals surface area contributed by atoms with Crippen molar-refractivity contribution in [2.75, 3.05) is 26.5 Å². The van der Waals surface area contributed by atoms with E-state index >= 15 is 0 Å². The zero-order valence-electron chi connectivity index (χ0n) is 11.9.